The number of hydrogen-bond donors (Lipinski definition) is 2. The Bertz CT molecular complexity index is 857. The average molecular weight is 288 g/mol. The predicted molar refractivity (Wildman–Crippen MR) is 107 cm³/mol. The Morgan fingerprint density at radius 2 is 1.30 bits per heavy atom. The van der Waals surface area contributed by atoms with E-state index in [1.165, 1.54) is 6.08 Å². The highest BCUT2D eigenvalue weighted by atomic mass is 16.3. The Balaban J connectivity index is -0.0000000172. The highest BCUT2D eigenvalue weighted by Crippen LogP contribution is 1.88. The maximum Gasteiger partial charge on any atom is 0.0949 e. The van der Waals surface area contributed by atoms with Crippen LogP contribution in [-0.2, 0) is 0 Å². The lowest BCUT2D eigenvalue weighted by atomic mass is 10.2. The van der Waals surface area contributed by atoms with Gasteiger partial charge in [-0.05, 0) is 82.6 Å². The summed E-state index contributed by atoms with van der Waals surface area (Å²) in [5.74, 6) is 0. The molecule has 124 valence electrons. The van der Waals surface area contributed by atoms with Gasteiger partial charge in [-0.15, -0.1) is 0 Å². The van der Waals surface area contributed by atoms with Crippen molar-refractivity contribution in [3.63, 3.8) is 0 Å². The maximum absolute atomic E-state index is 9.30. The topological polar surface area (TPSA) is 46.2 Å². The highest BCUT2D eigenvalue weighted by molar-refractivity contribution is 4.95. The van der Waals surface area contributed by atoms with E-state index in [1.54, 1.807) is 6.92 Å². The molecule has 0 aromatic carbocycles. The van der Waals surface area contributed by atoms with Crippen LogP contribution < -0.4 is 5.73 Å². The zero-order valence-electron chi connectivity index (χ0n) is 11.0. The van der Waals surface area contributed by atoms with E-state index in [9.17, 15) is 5.11 Å². The van der Waals surface area contributed by atoms with E-state index in [0.29, 0.717) is 0 Å². The predicted octanol–water partition coefficient (Wildman–Crippen LogP) is 5.59. The molecule has 0 heterocycles. The third-order valence-electron chi connectivity index (χ3n) is 1.58. The molecule has 0 aromatic heterocycles. The van der Waals surface area contributed by atoms with E-state index < -0.39 is 6.10 Å². The first kappa shape index (κ1) is 16.8. The van der Waals surface area contributed by atoms with Gasteiger partial charge in [-0.1, -0.05) is 11.5 Å². The SMILES string of the molecule is C=C=C=C=C=C=C=C=C=C=C=C=C=C=C[C@@H](O)[C@@H](C)N.[HH].[HH].[HH].[HH].[HH].[HH].[HH].[HH].[HH].[HH].[HH].[HH].[HH].[HH].[HH]. The maximum atomic E-state index is 9.30. The van der Waals surface area contributed by atoms with Gasteiger partial charge in [0.15, 0.2) is 0 Å². The Morgan fingerprint density at radius 3 is 1.70 bits per heavy atom. The molecule has 0 aliphatic rings. The summed E-state index contributed by atoms with van der Waals surface area (Å²) < 4.78 is 0. The second-order valence-electron chi connectivity index (χ2n) is 3.21. The van der Waals surface area contributed by atoms with Crippen molar-refractivity contribution >= 4 is 0 Å². The minimum atomic E-state index is -0.762. The lowest BCUT2D eigenvalue weighted by Crippen LogP contribution is -2.29. The fourth-order valence-electron chi connectivity index (χ4n) is 0.640. The number of nitrogens with two attached hydrogens (primary N) is 1. The molecule has 0 amide bonds. The number of hydrogen-bond acceptors (Lipinski definition) is 2. The van der Waals surface area contributed by atoms with Crippen LogP contribution in [0.25, 0.3) is 0 Å². The van der Waals surface area contributed by atoms with Crippen molar-refractivity contribution in [2.45, 2.75) is 19.1 Å². The standard InChI is InChI=1S/C18H11NO.15H2/c1-3-4-5-6-7-8-9-10-11-12-13-14-15-16-18(20)17(2)19;;;;;;;;;;;;;;;/h16-18,20H,1,19H2,2H3;15*1H/t17-,18-;;;;;;;;;;;;;;;/m1.............../s1. The molecule has 20 heavy (non-hydrogen) atoms. The van der Waals surface area contributed by atoms with E-state index in [2.05, 4.69) is 81.1 Å². The molecule has 2 nitrogen and oxygen atoms in total. The van der Waals surface area contributed by atoms with Crippen LogP contribution in [0.4, 0.5) is 0 Å². The molecule has 0 bridgehead atoms. The first-order valence-corrected chi connectivity index (χ1v) is 5.48. The molecule has 0 aromatic rings. The van der Waals surface area contributed by atoms with Crippen molar-refractivity contribution in [2.75, 3.05) is 0 Å². The summed E-state index contributed by atoms with van der Waals surface area (Å²) in [5, 5.41) is 9.30. The molecule has 0 unspecified atom stereocenters. The van der Waals surface area contributed by atoms with Gasteiger partial charge >= 0.3 is 0 Å². The zero-order valence-corrected chi connectivity index (χ0v) is 11.0. The first-order valence-electron chi connectivity index (χ1n) is 5.48. The number of aliphatic hydroxyl groups excluding tert-OH is 1. The molecule has 0 rings (SSSR count). The van der Waals surface area contributed by atoms with Crippen LogP contribution in [0.3, 0.4) is 0 Å². The van der Waals surface area contributed by atoms with Crippen LogP contribution in [0.15, 0.2) is 87.2 Å². The number of aliphatic hydroxyl groups is 1. The molecular weight excluding hydrogens is 246 g/mol. The van der Waals surface area contributed by atoms with Gasteiger partial charge in [0.2, 0.25) is 0 Å². The van der Waals surface area contributed by atoms with Gasteiger partial charge in [0.1, 0.15) is 0 Å². The molecule has 0 radical (unpaired) electrons. The zero-order chi connectivity index (χ0) is 15.1. The minimum Gasteiger partial charge on any atom is -0.387 e. The third kappa shape index (κ3) is 11.3. The van der Waals surface area contributed by atoms with Crippen LogP contribution in [0.2, 0.25) is 0 Å². The summed E-state index contributed by atoms with van der Waals surface area (Å²) in [7, 11) is 0. The van der Waals surface area contributed by atoms with Gasteiger partial charge in [-0.3, -0.25) is 0 Å². The van der Waals surface area contributed by atoms with Gasteiger partial charge in [-0.25, -0.2) is 0 Å². The molecule has 0 fully saturated rings. The van der Waals surface area contributed by atoms with E-state index in [4.69, 9.17) is 5.73 Å². The van der Waals surface area contributed by atoms with Crippen LogP contribution in [0, 0.1) is 0 Å². The Morgan fingerprint density at radius 1 is 0.900 bits per heavy atom. The van der Waals surface area contributed by atoms with Crippen molar-refractivity contribution < 1.29 is 26.5 Å². The lowest BCUT2D eigenvalue weighted by Gasteiger charge is -2.06. The van der Waals surface area contributed by atoms with Crippen LogP contribution >= 0.6 is 0 Å². The first-order chi connectivity index (χ1) is 9.68. The van der Waals surface area contributed by atoms with Gasteiger partial charge < -0.3 is 10.8 Å². The van der Waals surface area contributed by atoms with E-state index in [1.807, 2.05) is 0 Å². The summed E-state index contributed by atoms with van der Waals surface area (Å²) in [6.07, 6.45) is 0.616. The molecule has 2 heteroatoms. The molecule has 0 saturated carbocycles. The average Bonchev–Trinajstić information content (AvgIpc) is 2.43. The van der Waals surface area contributed by atoms with Crippen molar-refractivity contribution in [2.24, 2.45) is 5.73 Å². The summed E-state index contributed by atoms with van der Waals surface area (Å²) >= 11 is 0. The second-order valence-corrected chi connectivity index (χ2v) is 3.21. The van der Waals surface area contributed by atoms with Gasteiger partial charge in [0.25, 0.3) is 0 Å². The molecule has 0 aliphatic heterocycles. The van der Waals surface area contributed by atoms with Crippen LogP contribution in [-0.4, -0.2) is 17.3 Å². The molecule has 3 N–H and O–H groups in total. The van der Waals surface area contributed by atoms with Crippen molar-refractivity contribution in [3.8, 4) is 0 Å². The van der Waals surface area contributed by atoms with E-state index in [0.717, 1.165) is 0 Å². The summed E-state index contributed by atoms with van der Waals surface area (Å²) in [5.41, 5.74) is 37.6. The second kappa shape index (κ2) is 12.3. The summed E-state index contributed by atoms with van der Waals surface area (Å²) in [6.45, 7) is 4.98. The van der Waals surface area contributed by atoms with Crippen molar-refractivity contribution in [1.29, 1.82) is 0 Å². The molecule has 0 aliphatic carbocycles. The molecule has 0 spiro atoms. The minimum absolute atomic E-state index is 0. The smallest absolute Gasteiger partial charge is 0.0949 e. The molecular formula is C18H41NO. The van der Waals surface area contributed by atoms with Gasteiger partial charge in [-0.2, -0.15) is 0 Å². The fraction of sp³-hybridized carbons (Fsp3) is 0.167. The molecule has 2 atom stereocenters. The van der Waals surface area contributed by atoms with E-state index >= 15 is 0 Å². The van der Waals surface area contributed by atoms with E-state index in [-0.39, 0.29) is 27.4 Å². The number of rotatable bonds is 2. The lowest BCUT2D eigenvalue weighted by molar-refractivity contribution is 0.198. The van der Waals surface area contributed by atoms with Gasteiger partial charge in [0, 0.05) is 27.4 Å². The Labute approximate surface area is 140 Å². The normalized spacial score (nSPS) is 8.95. The van der Waals surface area contributed by atoms with Crippen molar-refractivity contribution in [1.82, 2.24) is 0 Å². The largest absolute Gasteiger partial charge is 0.387 e. The van der Waals surface area contributed by atoms with Crippen LogP contribution in [0.5, 0.6) is 0 Å². The monoisotopic (exact) mass is 287 g/mol. The fourth-order valence-corrected chi connectivity index (χ4v) is 0.640. The summed E-state index contributed by atoms with van der Waals surface area (Å²) in [6, 6.07) is -0.359. The third-order valence-corrected chi connectivity index (χ3v) is 1.58. The Hall–Kier alpha value is -3.20. The quantitative estimate of drug-likeness (QED) is 0.651. The van der Waals surface area contributed by atoms with Crippen LogP contribution in [0.1, 0.15) is 28.3 Å². The highest BCUT2D eigenvalue weighted by Gasteiger charge is 2.02. The molecule has 0 saturated heterocycles. The van der Waals surface area contributed by atoms with Crippen molar-refractivity contribution in [3.05, 3.63) is 87.2 Å². The Kier molecular flexibility index (Phi) is 10.3. The summed E-state index contributed by atoms with van der Waals surface area (Å²) in [4.78, 5) is 0. The van der Waals surface area contributed by atoms with Gasteiger partial charge in [0.05, 0.1) is 6.10 Å².